The van der Waals surface area contributed by atoms with Gasteiger partial charge in [0.2, 0.25) is 0 Å². The standard InChI is InChI=1S/C13H13ClO2S/c14-10-5-9-11(15)3-4-17-13(9)6-12(10)16-7-8-1-2-8/h5-6,8H,1-4,7H2. The number of hydrogen-bond acceptors (Lipinski definition) is 3. The van der Waals surface area contributed by atoms with Gasteiger partial charge in [-0.05, 0) is 30.9 Å². The van der Waals surface area contributed by atoms with E-state index in [-0.39, 0.29) is 5.78 Å². The van der Waals surface area contributed by atoms with Crippen LogP contribution in [0.15, 0.2) is 17.0 Å². The highest BCUT2D eigenvalue weighted by Gasteiger charge is 2.24. The third-order valence-electron chi connectivity index (χ3n) is 3.09. The molecule has 0 radical (unpaired) electrons. The summed E-state index contributed by atoms with van der Waals surface area (Å²) in [6.07, 6.45) is 3.13. The van der Waals surface area contributed by atoms with Crippen LogP contribution in [0.5, 0.6) is 5.75 Å². The third-order valence-corrected chi connectivity index (χ3v) is 4.45. The minimum atomic E-state index is 0.189. The topological polar surface area (TPSA) is 26.3 Å². The van der Waals surface area contributed by atoms with Gasteiger partial charge in [-0.2, -0.15) is 0 Å². The lowest BCUT2D eigenvalue weighted by Crippen LogP contribution is -2.09. The average molecular weight is 269 g/mol. The van der Waals surface area contributed by atoms with Crippen molar-refractivity contribution in [3.05, 3.63) is 22.7 Å². The molecule has 3 rings (SSSR count). The Labute approximate surface area is 110 Å². The number of ether oxygens (including phenoxy) is 1. The van der Waals surface area contributed by atoms with Crippen molar-refractivity contribution < 1.29 is 9.53 Å². The monoisotopic (exact) mass is 268 g/mol. The lowest BCUT2D eigenvalue weighted by molar-refractivity contribution is 0.0984. The Morgan fingerprint density at radius 1 is 1.41 bits per heavy atom. The number of halogens is 1. The molecule has 1 aromatic rings. The molecule has 0 atom stereocenters. The molecule has 17 heavy (non-hydrogen) atoms. The molecular weight excluding hydrogens is 256 g/mol. The zero-order valence-corrected chi connectivity index (χ0v) is 10.9. The quantitative estimate of drug-likeness (QED) is 0.834. The van der Waals surface area contributed by atoms with Crippen molar-refractivity contribution in [3.8, 4) is 5.75 Å². The van der Waals surface area contributed by atoms with Gasteiger partial charge in [0.15, 0.2) is 5.78 Å². The summed E-state index contributed by atoms with van der Waals surface area (Å²) in [6, 6.07) is 3.68. The number of carbonyl (C=O) groups is 1. The van der Waals surface area contributed by atoms with E-state index in [4.69, 9.17) is 16.3 Å². The van der Waals surface area contributed by atoms with Crippen LogP contribution in [0.1, 0.15) is 29.6 Å². The molecule has 1 aromatic carbocycles. The van der Waals surface area contributed by atoms with Crippen LogP contribution < -0.4 is 4.74 Å². The van der Waals surface area contributed by atoms with E-state index >= 15 is 0 Å². The Kier molecular flexibility index (Phi) is 3.05. The molecule has 1 heterocycles. The number of hydrogen-bond donors (Lipinski definition) is 0. The molecule has 1 fully saturated rings. The van der Waals surface area contributed by atoms with E-state index in [2.05, 4.69) is 0 Å². The Bertz CT molecular complexity index is 469. The van der Waals surface area contributed by atoms with E-state index in [0.717, 1.165) is 28.6 Å². The molecule has 4 heteroatoms. The maximum atomic E-state index is 11.7. The smallest absolute Gasteiger partial charge is 0.164 e. The van der Waals surface area contributed by atoms with Crippen molar-refractivity contribution >= 4 is 29.1 Å². The molecule has 2 nitrogen and oxygen atoms in total. The zero-order chi connectivity index (χ0) is 11.8. The molecule has 90 valence electrons. The van der Waals surface area contributed by atoms with Gasteiger partial charge in [0.25, 0.3) is 0 Å². The summed E-state index contributed by atoms with van der Waals surface area (Å²) in [5, 5.41) is 0.556. The number of ketones is 1. The molecule has 1 aliphatic carbocycles. The molecule has 0 saturated heterocycles. The van der Waals surface area contributed by atoms with Gasteiger partial charge in [0.1, 0.15) is 5.75 Å². The van der Waals surface area contributed by atoms with E-state index in [1.165, 1.54) is 12.8 Å². The number of benzene rings is 1. The number of fused-ring (bicyclic) bond motifs is 1. The minimum Gasteiger partial charge on any atom is -0.492 e. The summed E-state index contributed by atoms with van der Waals surface area (Å²) in [7, 11) is 0. The Hall–Kier alpha value is -0.670. The van der Waals surface area contributed by atoms with Gasteiger partial charge in [-0.1, -0.05) is 11.6 Å². The van der Waals surface area contributed by atoms with Crippen LogP contribution in [0.2, 0.25) is 5.02 Å². The Morgan fingerprint density at radius 2 is 2.24 bits per heavy atom. The van der Waals surface area contributed by atoms with Gasteiger partial charge in [0.05, 0.1) is 11.6 Å². The minimum absolute atomic E-state index is 0.189. The van der Waals surface area contributed by atoms with Gasteiger partial charge in [0, 0.05) is 22.6 Å². The molecule has 2 aliphatic rings. The molecule has 0 N–H and O–H groups in total. The van der Waals surface area contributed by atoms with Gasteiger partial charge in [-0.3, -0.25) is 4.79 Å². The van der Waals surface area contributed by atoms with Crippen LogP contribution in [0, 0.1) is 5.92 Å². The maximum Gasteiger partial charge on any atom is 0.164 e. The highest BCUT2D eigenvalue weighted by Crippen LogP contribution is 2.38. The van der Waals surface area contributed by atoms with Crippen molar-refractivity contribution in [3.63, 3.8) is 0 Å². The van der Waals surface area contributed by atoms with Crippen LogP contribution in [-0.2, 0) is 0 Å². The van der Waals surface area contributed by atoms with E-state index in [0.29, 0.717) is 17.4 Å². The maximum absolute atomic E-state index is 11.7. The molecule has 0 aromatic heterocycles. The van der Waals surface area contributed by atoms with E-state index < -0.39 is 0 Å². The lowest BCUT2D eigenvalue weighted by Gasteiger charge is -2.16. The van der Waals surface area contributed by atoms with Gasteiger partial charge in [-0.15, -0.1) is 11.8 Å². The van der Waals surface area contributed by atoms with Crippen LogP contribution in [0.3, 0.4) is 0 Å². The third kappa shape index (κ3) is 2.45. The number of Topliss-reactive ketones (excluding diaryl/α,β-unsaturated/α-hetero) is 1. The van der Waals surface area contributed by atoms with Crippen molar-refractivity contribution in [2.24, 2.45) is 5.92 Å². The number of thioether (sulfide) groups is 1. The highest BCUT2D eigenvalue weighted by atomic mass is 35.5. The van der Waals surface area contributed by atoms with Crippen LogP contribution in [-0.4, -0.2) is 18.1 Å². The second kappa shape index (κ2) is 4.54. The first-order valence-electron chi connectivity index (χ1n) is 5.86. The second-order valence-electron chi connectivity index (χ2n) is 4.55. The Balaban J connectivity index is 1.86. The summed E-state index contributed by atoms with van der Waals surface area (Å²) in [5.41, 5.74) is 0.755. The van der Waals surface area contributed by atoms with Crippen LogP contribution in [0.25, 0.3) is 0 Å². The summed E-state index contributed by atoms with van der Waals surface area (Å²) < 4.78 is 5.71. The van der Waals surface area contributed by atoms with Crippen molar-refractivity contribution in [1.82, 2.24) is 0 Å². The molecule has 0 bridgehead atoms. The first kappa shape index (κ1) is 11.4. The SMILES string of the molecule is O=C1CCSc2cc(OCC3CC3)c(Cl)cc21. The second-order valence-corrected chi connectivity index (χ2v) is 6.10. The molecule has 1 aliphatic heterocycles. The largest absolute Gasteiger partial charge is 0.492 e. The molecule has 0 spiro atoms. The normalized spacial score (nSPS) is 19.0. The fraction of sp³-hybridized carbons (Fsp3) is 0.462. The first-order chi connectivity index (χ1) is 8.24. The van der Waals surface area contributed by atoms with Gasteiger partial charge in [-0.25, -0.2) is 0 Å². The summed E-state index contributed by atoms with van der Waals surface area (Å²) in [6.45, 7) is 0.747. The number of rotatable bonds is 3. The first-order valence-corrected chi connectivity index (χ1v) is 7.23. The predicted octanol–water partition coefficient (Wildman–Crippen LogP) is 3.81. The molecule has 1 saturated carbocycles. The highest BCUT2D eigenvalue weighted by molar-refractivity contribution is 7.99. The van der Waals surface area contributed by atoms with Crippen molar-refractivity contribution in [2.45, 2.75) is 24.2 Å². The van der Waals surface area contributed by atoms with E-state index in [1.807, 2.05) is 6.07 Å². The van der Waals surface area contributed by atoms with Gasteiger partial charge >= 0.3 is 0 Å². The summed E-state index contributed by atoms with van der Waals surface area (Å²) >= 11 is 7.85. The fourth-order valence-corrected chi connectivity index (χ4v) is 3.11. The molecular formula is C13H13ClO2S. The molecule has 0 amide bonds. The van der Waals surface area contributed by atoms with Gasteiger partial charge < -0.3 is 4.74 Å². The predicted molar refractivity (Wildman–Crippen MR) is 69.3 cm³/mol. The van der Waals surface area contributed by atoms with Crippen molar-refractivity contribution in [1.29, 1.82) is 0 Å². The zero-order valence-electron chi connectivity index (χ0n) is 9.37. The van der Waals surface area contributed by atoms with Crippen LogP contribution >= 0.6 is 23.4 Å². The van der Waals surface area contributed by atoms with Crippen molar-refractivity contribution in [2.75, 3.05) is 12.4 Å². The summed E-state index contributed by atoms with van der Waals surface area (Å²) in [4.78, 5) is 12.7. The fourth-order valence-electron chi connectivity index (χ4n) is 1.86. The number of carbonyl (C=O) groups excluding carboxylic acids is 1. The molecule has 0 unspecified atom stereocenters. The van der Waals surface area contributed by atoms with E-state index in [9.17, 15) is 4.79 Å². The van der Waals surface area contributed by atoms with Crippen LogP contribution in [0.4, 0.5) is 0 Å². The average Bonchev–Trinajstić information content (AvgIpc) is 3.12. The van der Waals surface area contributed by atoms with E-state index in [1.54, 1.807) is 17.8 Å². The lowest BCUT2D eigenvalue weighted by atomic mass is 10.1. The Morgan fingerprint density at radius 3 is 3.00 bits per heavy atom. The summed E-state index contributed by atoms with van der Waals surface area (Å²) in [5.74, 6) is 2.47.